The van der Waals surface area contributed by atoms with Gasteiger partial charge in [-0.1, -0.05) is 12.1 Å². The van der Waals surface area contributed by atoms with Crippen molar-refractivity contribution in [3.8, 4) is 28.7 Å². The number of hydrogen-bond acceptors (Lipinski definition) is 8. The SMILES string of the molecule is COc1cc([C@H]2Nc3ccccc3NC3=C2C(=O)C[C@@H](c2cc(OC)c(OC)c(OC)c2)C3)cc(Br)c1O. The zero-order valence-electron chi connectivity index (χ0n) is 21.6. The monoisotopic (exact) mass is 580 g/mol. The number of ether oxygens (including phenoxy) is 4. The topological polar surface area (TPSA) is 98.3 Å². The number of carbonyl (C=O) groups is 1. The Morgan fingerprint density at radius 2 is 1.47 bits per heavy atom. The molecular weight excluding hydrogens is 552 g/mol. The van der Waals surface area contributed by atoms with Crippen LogP contribution in [0, 0.1) is 0 Å². The fourth-order valence-electron chi connectivity index (χ4n) is 5.23. The molecule has 5 rings (SSSR count). The Hall–Kier alpha value is -3.85. The van der Waals surface area contributed by atoms with Crippen molar-refractivity contribution in [2.24, 2.45) is 0 Å². The molecule has 0 aromatic heterocycles. The van der Waals surface area contributed by atoms with E-state index >= 15 is 0 Å². The van der Waals surface area contributed by atoms with Gasteiger partial charge in [-0.2, -0.15) is 0 Å². The summed E-state index contributed by atoms with van der Waals surface area (Å²) in [4.78, 5) is 13.9. The van der Waals surface area contributed by atoms with Gasteiger partial charge < -0.3 is 34.7 Å². The van der Waals surface area contributed by atoms with Gasteiger partial charge in [0.05, 0.1) is 50.3 Å². The van der Waals surface area contributed by atoms with E-state index in [4.69, 9.17) is 18.9 Å². The number of carbonyl (C=O) groups excluding carboxylic acids is 1. The quantitative estimate of drug-likeness (QED) is 0.318. The number of allylic oxidation sites excluding steroid dienone is 1. The number of anilines is 2. The van der Waals surface area contributed by atoms with E-state index < -0.39 is 6.04 Å². The highest BCUT2D eigenvalue weighted by molar-refractivity contribution is 9.10. The number of para-hydroxylation sites is 2. The van der Waals surface area contributed by atoms with Crippen LogP contribution in [0.3, 0.4) is 0 Å². The lowest BCUT2D eigenvalue weighted by molar-refractivity contribution is -0.116. The van der Waals surface area contributed by atoms with E-state index in [0.29, 0.717) is 45.9 Å². The second kappa shape index (κ2) is 10.5. The molecule has 0 amide bonds. The molecule has 1 heterocycles. The summed E-state index contributed by atoms with van der Waals surface area (Å²) in [7, 11) is 6.23. The fourth-order valence-corrected chi connectivity index (χ4v) is 5.69. The zero-order valence-corrected chi connectivity index (χ0v) is 23.1. The first-order valence-corrected chi connectivity index (χ1v) is 12.9. The third-order valence-electron chi connectivity index (χ3n) is 7.07. The minimum absolute atomic E-state index is 0.00929. The summed E-state index contributed by atoms with van der Waals surface area (Å²) in [6.07, 6.45) is 0.909. The molecule has 8 nitrogen and oxygen atoms in total. The molecule has 0 radical (unpaired) electrons. The minimum atomic E-state index is -0.458. The number of Topliss-reactive ketones (excluding diaryl/α,β-unsaturated/α-hetero) is 1. The van der Waals surface area contributed by atoms with Crippen molar-refractivity contribution in [3.63, 3.8) is 0 Å². The Morgan fingerprint density at radius 3 is 2.11 bits per heavy atom. The van der Waals surface area contributed by atoms with E-state index in [-0.39, 0.29) is 17.5 Å². The van der Waals surface area contributed by atoms with Crippen molar-refractivity contribution in [2.45, 2.75) is 24.8 Å². The molecule has 0 unspecified atom stereocenters. The first-order valence-electron chi connectivity index (χ1n) is 12.1. The van der Waals surface area contributed by atoms with E-state index in [2.05, 4.69) is 26.6 Å². The Balaban J connectivity index is 1.62. The van der Waals surface area contributed by atoms with Crippen LogP contribution >= 0.6 is 15.9 Å². The van der Waals surface area contributed by atoms with E-state index in [1.807, 2.05) is 42.5 Å². The number of halogens is 1. The summed E-state index contributed by atoms with van der Waals surface area (Å²) in [6.45, 7) is 0. The van der Waals surface area contributed by atoms with Gasteiger partial charge >= 0.3 is 0 Å². The van der Waals surface area contributed by atoms with Crippen LogP contribution in [0.5, 0.6) is 28.7 Å². The molecule has 1 aliphatic carbocycles. The summed E-state index contributed by atoms with van der Waals surface area (Å²) >= 11 is 3.43. The van der Waals surface area contributed by atoms with Gasteiger partial charge in [0.2, 0.25) is 5.75 Å². The predicted molar refractivity (Wildman–Crippen MR) is 149 cm³/mol. The Labute approximate surface area is 229 Å². The number of rotatable bonds is 6. The third kappa shape index (κ3) is 4.51. The average Bonchev–Trinajstić information content (AvgIpc) is 3.10. The summed E-state index contributed by atoms with van der Waals surface area (Å²) in [5.41, 5.74) is 4.96. The molecule has 0 saturated heterocycles. The van der Waals surface area contributed by atoms with Crippen LogP contribution in [0.15, 0.2) is 64.3 Å². The van der Waals surface area contributed by atoms with Gasteiger partial charge in [0, 0.05) is 17.7 Å². The molecule has 0 spiro atoms. The summed E-state index contributed by atoms with van der Waals surface area (Å²) in [5.74, 6) is 1.86. The van der Waals surface area contributed by atoms with Crippen LogP contribution in [-0.2, 0) is 4.79 Å². The van der Waals surface area contributed by atoms with E-state index in [1.54, 1.807) is 27.4 Å². The molecule has 9 heteroatoms. The smallest absolute Gasteiger partial charge is 0.203 e. The number of hydrogen-bond donors (Lipinski definition) is 3. The number of phenols is 1. The molecule has 0 bridgehead atoms. The molecule has 1 aliphatic heterocycles. The van der Waals surface area contributed by atoms with Crippen molar-refractivity contribution < 1.29 is 28.8 Å². The second-order valence-corrected chi connectivity index (χ2v) is 10.0. The highest BCUT2D eigenvalue weighted by Crippen LogP contribution is 2.48. The fraction of sp³-hybridized carbons (Fsp3) is 0.276. The first kappa shape index (κ1) is 25.8. The lowest BCUT2D eigenvalue weighted by atomic mass is 9.78. The lowest BCUT2D eigenvalue weighted by Gasteiger charge is -2.30. The van der Waals surface area contributed by atoms with Gasteiger partial charge in [-0.05, 0) is 75.8 Å². The van der Waals surface area contributed by atoms with Crippen molar-refractivity contribution >= 4 is 33.1 Å². The van der Waals surface area contributed by atoms with Gasteiger partial charge in [0.1, 0.15) is 0 Å². The van der Waals surface area contributed by atoms with Crippen LogP contribution in [0.2, 0.25) is 0 Å². The number of aromatic hydroxyl groups is 1. The number of nitrogens with one attached hydrogen (secondary N) is 2. The number of fused-ring (bicyclic) bond motifs is 1. The molecule has 3 aromatic rings. The van der Waals surface area contributed by atoms with Crippen molar-refractivity contribution in [2.75, 3.05) is 39.1 Å². The highest BCUT2D eigenvalue weighted by Gasteiger charge is 2.37. The highest BCUT2D eigenvalue weighted by atomic mass is 79.9. The van der Waals surface area contributed by atoms with E-state index in [1.165, 1.54) is 7.11 Å². The Bertz CT molecular complexity index is 1410. The van der Waals surface area contributed by atoms with E-state index in [0.717, 1.165) is 28.2 Å². The van der Waals surface area contributed by atoms with Crippen LogP contribution in [-0.4, -0.2) is 39.3 Å². The third-order valence-corrected chi connectivity index (χ3v) is 7.68. The maximum absolute atomic E-state index is 13.9. The summed E-state index contributed by atoms with van der Waals surface area (Å²) in [5, 5.41) is 17.5. The van der Waals surface area contributed by atoms with Crippen molar-refractivity contribution in [1.29, 1.82) is 0 Å². The Kier molecular flexibility index (Phi) is 7.12. The molecule has 198 valence electrons. The second-order valence-electron chi connectivity index (χ2n) is 9.18. The maximum Gasteiger partial charge on any atom is 0.203 e. The van der Waals surface area contributed by atoms with Crippen LogP contribution in [0.25, 0.3) is 0 Å². The first-order chi connectivity index (χ1) is 18.4. The predicted octanol–water partition coefficient (Wildman–Crippen LogP) is 6.17. The largest absolute Gasteiger partial charge is 0.503 e. The molecule has 0 saturated carbocycles. The molecule has 38 heavy (non-hydrogen) atoms. The summed E-state index contributed by atoms with van der Waals surface area (Å²) in [6, 6.07) is 14.8. The van der Waals surface area contributed by atoms with Crippen LogP contribution in [0.1, 0.15) is 35.9 Å². The minimum Gasteiger partial charge on any atom is -0.503 e. The standard InChI is InChI=1S/C29H29BrN2O6/c1-35-23-14-17(9-18(30)28(23)34)27-26-21(31-19-7-5-6-8-20(19)32-27)10-15(11-22(26)33)16-12-24(36-2)29(38-4)25(13-16)37-3/h5-9,12-15,27,31-32,34H,10-11H2,1-4H3/t15-,27+/m0/s1. The lowest BCUT2D eigenvalue weighted by Crippen LogP contribution is -2.27. The molecule has 3 aromatic carbocycles. The number of benzene rings is 3. The zero-order chi connectivity index (χ0) is 27.0. The van der Waals surface area contributed by atoms with Gasteiger partial charge in [0.25, 0.3) is 0 Å². The van der Waals surface area contributed by atoms with E-state index in [9.17, 15) is 9.90 Å². The number of phenolic OH excluding ortho intramolecular Hbond substituents is 1. The normalized spacial score (nSPS) is 18.4. The van der Waals surface area contributed by atoms with Gasteiger partial charge in [0.15, 0.2) is 28.8 Å². The van der Waals surface area contributed by atoms with Gasteiger partial charge in [-0.25, -0.2) is 0 Å². The van der Waals surface area contributed by atoms with Crippen LogP contribution in [0.4, 0.5) is 11.4 Å². The average molecular weight is 581 g/mol. The Morgan fingerprint density at radius 1 is 0.842 bits per heavy atom. The molecule has 3 N–H and O–H groups in total. The van der Waals surface area contributed by atoms with Crippen molar-refractivity contribution in [3.05, 3.63) is 75.4 Å². The number of methoxy groups -OCH3 is 4. The summed E-state index contributed by atoms with van der Waals surface area (Å²) < 4.78 is 22.5. The molecule has 2 aliphatic rings. The van der Waals surface area contributed by atoms with Crippen molar-refractivity contribution in [1.82, 2.24) is 0 Å². The number of ketones is 1. The van der Waals surface area contributed by atoms with Gasteiger partial charge in [-0.3, -0.25) is 4.79 Å². The molecule has 2 atom stereocenters. The molecular formula is C29H29BrN2O6. The van der Waals surface area contributed by atoms with Crippen LogP contribution < -0.4 is 29.6 Å². The maximum atomic E-state index is 13.9. The molecule has 0 fully saturated rings. The van der Waals surface area contributed by atoms with Gasteiger partial charge in [-0.15, -0.1) is 0 Å².